The van der Waals surface area contributed by atoms with Crippen molar-refractivity contribution in [1.29, 1.82) is 0 Å². The van der Waals surface area contributed by atoms with Gasteiger partial charge in [0.05, 0.1) is 6.33 Å². The number of aromatic nitrogens is 3. The summed E-state index contributed by atoms with van der Waals surface area (Å²) in [6.45, 7) is 0.788. The third kappa shape index (κ3) is 3.32. The SMILES string of the molecule is c1cn(-c2ccc(CNc3cc4c(cn3)CCCCC4)cc2)cn1. The van der Waals surface area contributed by atoms with Gasteiger partial charge < -0.3 is 9.88 Å². The number of hydrogen-bond donors (Lipinski definition) is 1. The van der Waals surface area contributed by atoms with Crippen LogP contribution in [0.4, 0.5) is 5.82 Å². The van der Waals surface area contributed by atoms with Crippen LogP contribution in [0.5, 0.6) is 0 Å². The van der Waals surface area contributed by atoms with Crippen molar-refractivity contribution in [3.05, 3.63) is 71.9 Å². The molecule has 4 rings (SSSR count). The molecular weight excluding hydrogens is 296 g/mol. The summed E-state index contributed by atoms with van der Waals surface area (Å²) in [6.07, 6.45) is 13.9. The average molecular weight is 318 g/mol. The zero-order chi connectivity index (χ0) is 16.2. The summed E-state index contributed by atoms with van der Waals surface area (Å²) in [6, 6.07) is 10.8. The molecule has 0 atom stereocenters. The average Bonchev–Trinajstić information content (AvgIpc) is 3.06. The Bertz CT molecular complexity index is 791. The summed E-state index contributed by atoms with van der Waals surface area (Å²) in [7, 11) is 0. The molecule has 0 saturated heterocycles. The molecule has 4 heteroatoms. The summed E-state index contributed by atoms with van der Waals surface area (Å²) in [5.74, 6) is 0.981. The summed E-state index contributed by atoms with van der Waals surface area (Å²) >= 11 is 0. The van der Waals surface area contributed by atoms with Crippen molar-refractivity contribution in [3.63, 3.8) is 0 Å². The lowest BCUT2D eigenvalue weighted by Gasteiger charge is -2.10. The minimum absolute atomic E-state index is 0.788. The predicted molar refractivity (Wildman–Crippen MR) is 96.4 cm³/mol. The molecule has 1 aliphatic carbocycles. The molecule has 2 aromatic heterocycles. The third-order valence-electron chi connectivity index (χ3n) is 4.69. The molecule has 24 heavy (non-hydrogen) atoms. The van der Waals surface area contributed by atoms with Gasteiger partial charge in [-0.25, -0.2) is 9.97 Å². The van der Waals surface area contributed by atoms with Crippen LogP contribution >= 0.6 is 0 Å². The van der Waals surface area contributed by atoms with Gasteiger partial charge in [0.2, 0.25) is 0 Å². The molecule has 0 amide bonds. The number of nitrogens with one attached hydrogen (secondary N) is 1. The van der Waals surface area contributed by atoms with Gasteiger partial charge in [0.25, 0.3) is 0 Å². The maximum Gasteiger partial charge on any atom is 0.126 e. The number of nitrogens with zero attached hydrogens (tertiary/aromatic N) is 3. The first kappa shape index (κ1) is 14.9. The number of hydrogen-bond acceptors (Lipinski definition) is 3. The third-order valence-corrected chi connectivity index (χ3v) is 4.69. The molecule has 0 unspecified atom stereocenters. The number of anilines is 1. The van der Waals surface area contributed by atoms with Gasteiger partial charge in [-0.3, -0.25) is 0 Å². The van der Waals surface area contributed by atoms with Crippen molar-refractivity contribution < 1.29 is 0 Å². The Hall–Kier alpha value is -2.62. The Morgan fingerprint density at radius 3 is 2.62 bits per heavy atom. The lowest BCUT2D eigenvalue weighted by atomic mass is 10.1. The zero-order valence-corrected chi connectivity index (χ0v) is 13.8. The quantitative estimate of drug-likeness (QED) is 0.735. The lowest BCUT2D eigenvalue weighted by Crippen LogP contribution is -2.03. The van der Waals surface area contributed by atoms with Crippen molar-refractivity contribution in [1.82, 2.24) is 14.5 Å². The molecular formula is C20H22N4. The Labute approximate surface area is 142 Å². The summed E-state index contributed by atoms with van der Waals surface area (Å²) < 4.78 is 2.01. The summed E-state index contributed by atoms with van der Waals surface area (Å²) in [4.78, 5) is 8.66. The molecule has 0 aliphatic heterocycles. The molecule has 4 nitrogen and oxygen atoms in total. The molecule has 122 valence electrons. The van der Waals surface area contributed by atoms with Gasteiger partial charge in [0.15, 0.2) is 0 Å². The number of benzene rings is 1. The van der Waals surface area contributed by atoms with Crippen molar-refractivity contribution in [2.24, 2.45) is 0 Å². The number of fused-ring (bicyclic) bond motifs is 1. The molecule has 1 aromatic carbocycles. The van der Waals surface area contributed by atoms with Crippen molar-refractivity contribution in [3.8, 4) is 5.69 Å². The van der Waals surface area contributed by atoms with Crippen molar-refractivity contribution in [2.75, 3.05) is 5.32 Å². The van der Waals surface area contributed by atoms with Gasteiger partial charge in [-0.1, -0.05) is 18.6 Å². The Balaban J connectivity index is 1.42. The van der Waals surface area contributed by atoms with Gasteiger partial charge >= 0.3 is 0 Å². The number of aryl methyl sites for hydroxylation is 2. The highest BCUT2D eigenvalue weighted by Gasteiger charge is 2.09. The first-order valence-electron chi connectivity index (χ1n) is 8.67. The van der Waals surface area contributed by atoms with Crippen LogP contribution in [0.1, 0.15) is 36.0 Å². The second-order valence-corrected chi connectivity index (χ2v) is 6.39. The molecule has 1 aliphatic rings. The van der Waals surface area contributed by atoms with E-state index in [9.17, 15) is 0 Å². The largest absolute Gasteiger partial charge is 0.366 e. The number of imidazole rings is 1. The number of rotatable bonds is 4. The molecule has 0 fully saturated rings. The van der Waals surface area contributed by atoms with Crippen LogP contribution in [0, 0.1) is 0 Å². The second-order valence-electron chi connectivity index (χ2n) is 6.39. The first-order chi connectivity index (χ1) is 11.9. The molecule has 0 radical (unpaired) electrons. The van der Waals surface area contributed by atoms with E-state index in [1.54, 1.807) is 6.20 Å². The normalized spacial score (nSPS) is 14.0. The Morgan fingerprint density at radius 2 is 1.83 bits per heavy atom. The maximum atomic E-state index is 4.58. The Morgan fingerprint density at radius 1 is 1.00 bits per heavy atom. The zero-order valence-electron chi connectivity index (χ0n) is 13.8. The smallest absolute Gasteiger partial charge is 0.126 e. The lowest BCUT2D eigenvalue weighted by molar-refractivity contribution is 0.711. The highest BCUT2D eigenvalue weighted by Crippen LogP contribution is 2.22. The van der Waals surface area contributed by atoms with Gasteiger partial charge in [-0.2, -0.15) is 0 Å². The van der Waals surface area contributed by atoms with E-state index in [1.165, 1.54) is 48.8 Å². The van der Waals surface area contributed by atoms with E-state index in [2.05, 4.69) is 51.8 Å². The fourth-order valence-corrected chi connectivity index (χ4v) is 3.28. The molecule has 3 aromatic rings. The first-order valence-corrected chi connectivity index (χ1v) is 8.67. The Kier molecular flexibility index (Phi) is 4.28. The molecule has 0 bridgehead atoms. The molecule has 1 N–H and O–H groups in total. The second kappa shape index (κ2) is 6.87. The minimum atomic E-state index is 0.788. The predicted octanol–water partition coefficient (Wildman–Crippen LogP) is 4.15. The van der Waals surface area contributed by atoms with E-state index < -0.39 is 0 Å². The van der Waals surface area contributed by atoms with E-state index in [-0.39, 0.29) is 0 Å². The van der Waals surface area contributed by atoms with Crippen LogP contribution in [-0.2, 0) is 19.4 Å². The van der Waals surface area contributed by atoms with Gasteiger partial charge in [-0.15, -0.1) is 0 Å². The molecule has 2 heterocycles. The monoisotopic (exact) mass is 318 g/mol. The molecule has 0 saturated carbocycles. The van der Waals surface area contributed by atoms with Crippen LogP contribution in [0.2, 0.25) is 0 Å². The topological polar surface area (TPSA) is 42.7 Å². The highest BCUT2D eigenvalue weighted by atomic mass is 15.0. The van der Waals surface area contributed by atoms with E-state index >= 15 is 0 Å². The number of pyridine rings is 1. The fourth-order valence-electron chi connectivity index (χ4n) is 3.28. The van der Waals surface area contributed by atoms with Crippen LogP contribution < -0.4 is 5.32 Å². The summed E-state index contributed by atoms with van der Waals surface area (Å²) in [5.41, 5.74) is 5.28. The van der Waals surface area contributed by atoms with Gasteiger partial charge in [0, 0.05) is 30.8 Å². The van der Waals surface area contributed by atoms with Crippen molar-refractivity contribution >= 4 is 5.82 Å². The maximum absolute atomic E-state index is 4.58. The standard InChI is InChI=1S/C20H22N4/c1-2-4-17-12-20(23-14-18(17)5-3-1)22-13-16-6-8-19(9-7-16)24-11-10-21-15-24/h6-12,14-15H,1-5,13H2,(H,22,23). The molecule has 0 spiro atoms. The van der Waals surface area contributed by atoms with Gasteiger partial charge in [-0.05, 0) is 60.6 Å². The van der Waals surface area contributed by atoms with Gasteiger partial charge in [0.1, 0.15) is 5.82 Å². The summed E-state index contributed by atoms with van der Waals surface area (Å²) in [5, 5.41) is 3.46. The fraction of sp³-hybridized carbons (Fsp3) is 0.300. The minimum Gasteiger partial charge on any atom is -0.366 e. The van der Waals surface area contributed by atoms with Crippen LogP contribution in [0.15, 0.2) is 55.2 Å². The van der Waals surface area contributed by atoms with E-state index in [4.69, 9.17) is 0 Å². The van der Waals surface area contributed by atoms with Crippen LogP contribution in [-0.4, -0.2) is 14.5 Å². The van der Waals surface area contributed by atoms with Crippen LogP contribution in [0.3, 0.4) is 0 Å². The van der Waals surface area contributed by atoms with E-state index in [0.717, 1.165) is 18.1 Å². The van der Waals surface area contributed by atoms with E-state index in [0.29, 0.717) is 0 Å². The van der Waals surface area contributed by atoms with Crippen LogP contribution in [0.25, 0.3) is 5.69 Å². The highest BCUT2D eigenvalue weighted by molar-refractivity contribution is 5.43. The van der Waals surface area contributed by atoms with E-state index in [1.807, 2.05) is 17.1 Å². The van der Waals surface area contributed by atoms with Crippen molar-refractivity contribution in [2.45, 2.75) is 38.6 Å².